The highest BCUT2D eigenvalue weighted by Gasteiger charge is 2.34. The molecule has 1 aromatic heterocycles. The van der Waals surface area contributed by atoms with E-state index >= 15 is 0 Å². The molecule has 1 saturated heterocycles. The predicted octanol–water partition coefficient (Wildman–Crippen LogP) is 1.68. The minimum absolute atomic E-state index is 0.258. The van der Waals surface area contributed by atoms with Crippen LogP contribution in [0.15, 0.2) is 24.3 Å². The topological polar surface area (TPSA) is 62.5 Å². The van der Waals surface area contributed by atoms with Crippen LogP contribution < -0.4 is 5.73 Å². The average Bonchev–Trinajstić information content (AvgIpc) is 2.91. The molecule has 0 saturated carbocycles. The van der Waals surface area contributed by atoms with Gasteiger partial charge in [0.1, 0.15) is 0 Å². The summed E-state index contributed by atoms with van der Waals surface area (Å²) in [5.74, 6) is -0.258. The largest absolute Gasteiger partial charge is 0.368 e. The maximum atomic E-state index is 11.6. The normalized spacial score (nSPS) is 17.9. The first-order valence-corrected chi connectivity index (χ1v) is 8.36. The molecule has 0 radical (unpaired) electrons. The lowest BCUT2D eigenvalue weighted by molar-refractivity contribution is -0.129. The number of carbonyl (C=O) groups is 1. The van der Waals surface area contributed by atoms with Crippen LogP contribution in [0, 0.1) is 0 Å². The van der Waals surface area contributed by atoms with Gasteiger partial charge in [-0.15, -0.1) is 0 Å². The standard InChI is InChI=1S/C16H22N4OS/c1-16(2,15(17)21)20-9-7-19(8-10-20)11-13-12-5-3-4-6-14(12)22-18-13/h3-6H,7-11H2,1-2H3,(H2,17,21). The fourth-order valence-corrected chi connectivity index (χ4v) is 3.67. The van der Waals surface area contributed by atoms with Crippen LogP contribution in [0.4, 0.5) is 0 Å². The molecule has 1 aliphatic heterocycles. The fraction of sp³-hybridized carbons (Fsp3) is 0.500. The Balaban J connectivity index is 1.64. The van der Waals surface area contributed by atoms with E-state index in [9.17, 15) is 4.79 Å². The van der Waals surface area contributed by atoms with E-state index in [2.05, 4.69) is 38.4 Å². The highest BCUT2D eigenvalue weighted by atomic mass is 32.1. The highest BCUT2D eigenvalue weighted by molar-refractivity contribution is 7.13. The Morgan fingerprint density at radius 2 is 1.95 bits per heavy atom. The molecule has 1 aliphatic rings. The molecule has 1 fully saturated rings. The van der Waals surface area contributed by atoms with Crippen molar-refractivity contribution in [3.8, 4) is 0 Å². The number of fused-ring (bicyclic) bond motifs is 1. The van der Waals surface area contributed by atoms with Crippen molar-refractivity contribution >= 4 is 27.5 Å². The fourth-order valence-electron chi connectivity index (χ4n) is 2.88. The Morgan fingerprint density at radius 1 is 1.27 bits per heavy atom. The molecule has 1 aromatic carbocycles. The van der Waals surface area contributed by atoms with Gasteiger partial charge in [0, 0.05) is 38.1 Å². The lowest BCUT2D eigenvalue weighted by atomic mass is 10.0. The number of rotatable bonds is 4. The predicted molar refractivity (Wildman–Crippen MR) is 89.7 cm³/mol. The van der Waals surface area contributed by atoms with Crippen molar-refractivity contribution in [1.29, 1.82) is 0 Å². The average molecular weight is 318 g/mol. The van der Waals surface area contributed by atoms with Crippen molar-refractivity contribution in [3.05, 3.63) is 30.0 Å². The Labute approximate surface area is 134 Å². The number of carbonyl (C=O) groups excluding carboxylic acids is 1. The van der Waals surface area contributed by atoms with Gasteiger partial charge < -0.3 is 5.73 Å². The maximum Gasteiger partial charge on any atom is 0.237 e. The van der Waals surface area contributed by atoms with Gasteiger partial charge in [0.05, 0.1) is 15.9 Å². The summed E-state index contributed by atoms with van der Waals surface area (Å²) in [6.07, 6.45) is 0. The molecule has 0 atom stereocenters. The van der Waals surface area contributed by atoms with E-state index in [1.165, 1.54) is 10.1 Å². The van der Waals surface area contributed by atoms with E-state index in [0.717, 1.165) is 38.4 Å². The molecular weight excluding hydrogens is 296 g/mol. The van der Waals surface area contributed by atoms with E-state index in [0.29, 0.717) is 0 Å². The third kappa shape index (κ3) is 2.86. The SMILES string of the molecule is CC(C)(C(N)=O)N1CCN(Cc2nsc3ccccc23)CC1. The first-order chi connectivity index (χ1) is 10.5. The molecule has 0 bridgehead atoms. The molecule has 2 aromatic rings. The quantitative estimate of drug-likeness (QED) is 0.931. The second kappa shape index (κ2) is 5.95. The zero-order valence-corrected chi connectivity index (χ0v) is 13.9. The third-order valence-corrected chi connectivity index (χ3v) is 5.46. The van der Waals surface area contributed by atoms with Crippen LogP contribution in [0.2, 0.25) is 0 Å². The van der Waals surface area contributed by atoms with Crippen molar-refractivity contribution in [2.75, 3.05) is 26.2 Å². The van der Waals surface area contributed by atoms with Crippen LogP contribution in [-0.2, 0) is 11.3 Å². The molecule has 5 nitrogen and oxygen atoms in total. The van der Waals surface area contributed by atoms with E-state index in [1.807, 2.05) is 13.8 Å². The number of nitrogens with zero attached hydrogens (tertiary/aromatic N) is 3. The summed E-state index contributed by atoms with van der Waals surface area (Å²) < 4.78 is 5.84. The monoisotopic (exact) mass is 318 g/mol. The van der Waals surface area contributed by atoms with Crippen LogP contribution in [0.3, 0.4) is 0 Å². The van der Waals surface area contributed by atoms with Crippen molar-refractivity contribution < 1.29 is 4.79 Å². The highest BCUT2D eigenvalue weighted by Crippen LogP contribution is 2.24. The van der Waals surface area contributed by atoms with Crippen molar-refractivity contribution in [1.82, 2.24) is 14.2 Å². The summed E-state index contributed by atoms with van der Waals surface area (Å²) in [7, 11) is 0. The Bertz CT molecular complexity index is 674. The van der Waals surface area contributed by atoms with Crippen LogP contribution in [0.5, 0.6) is 0 Å². The summed E-state index contributed by atoms with van der Waals surface area (Å²) in [5, 5.41) is 1.26. The second-order valence-corrected chi connectivity index (χ2v) is 7.12. The number of nitrogens with two attached hydrogens (primary N) is 1. The summed E-state index contributed by atoms with van der Waals surface area (Å²) in [4.78, 5) is 16.1. The van der Waals surface area contributed by atoms with Gasteiger partial charge in [0.25, 0.3) is 0 Å². The number of primary amides is 1. The van der Waals surface area contributed by atoms with E-state index in [-0.39, 0.29) is 5.91 Å². The van der Waals surface area contributed by atoms with Crippen molar-refractivity contribution in [2.45, 2.75) is 25.9 Å². The summed E-state index contributed by atoms with van der Waals surface area (Å²) in [6, 6.07) is 8.37. The van der Waals surface area contributed by atoms with Gasteiger partial charge in [-0.3, -0.25) is 14.6 Å². The molecular formula is C16H22N4OS. The van der Waals surface area contributed by atoms with Gasteiger partial charge in [-0.25, -0.2) is 0 Å². The number of hydrogen-bond donors (Lipinski definition) is 1. The number of aromatic nitrogens is 1. The maximum absolute atomic E-state index is 11.6. The lowest BCUT2D eigenvalue weighted by Crippen LogP contribution is -2.59. The van der Waals surface area contributed by atoms with Gasteiger partial charge in [-0.1, -0.05) is 18.2 Å². The van der Waals surface area contributed by atoms with Crippen molar-refractivity contribution in [3.63, 3.8) is 0 Å². The number of benzene rings is 1. The van der Waals surface area contributed by atoms with Gasteiger partial charge in [0.15, 0.2) is 0 Å². The molecule has 0 unspecified atom stereocenters. The van der Waals surface area contributed by atoms with Gasteiger partial charge in [0.2, 0.25) is 5.91 Å². The molecule has 0 spiro atoms. The van der Waals surface area contributed by atoms with Crippen molar-refractivity contribution in [2.24, 2.45) is 5.73 Å². The zero-order valence-electron chi connectivity index (χ0n) is 13.1. The van der Waals surface area contributed by atoms with E-state index < -0.39 is 5.54 Å². The lowest BCUT2D eigenvalue weighted by Gasteiger charge is -2.42. The van der Waals surface area contributed by atoms with E-state index in [4.69, 9.17) is 5.73 Å². The first-order valence-electron chi connectivity index (χ1n) is 7.59. The minimum atomic E-state index is -0.570. The molecule has 22 heavy (non-hydrogen) atoms. The summed E-state index contributed by atoms with van der Waals surface area (Å²) in [6.45, 7) is 8.26. The third-order valence-electron chi connectivity index (χ3n) is 4.59. The Kier molecular flexibility index (Phi) is 4.16. The Hall–Kier alpha value is -1.50. The molecule has 2 N–H and O–H groups in total. The molecule has 118 valence electrons. The molecule has 6 heteroatoms. The summed E-state index contributed by atoms with van der Waals surface area (Å²) >= 11 is 1.56. The molecule has 0 aliphatic carbocycles. The molecule has 1 amide bonds. The van der Waals surface area contributed by atoms with Crippen LogP contribution >= 0.6 is 11.5 Å². The van der Waals surface area contributed by atoms with Crippen LogP contribution in [0.1, 0.15) is 19.5 Å². The first kappa shape index (κ1) is 15.4. The number of amides is 1. The molecule has 3 rings (SSSR count). The van der Waals surface area contributed by atoms with Crippen LogP contribution in [0.25, 0.3) is 10.1 Å². The van der Waals surface area contributed by atoms with E-state index in [1.54, 1.807) is 11.5 Å². The smallest absolute Gasteiger partial charge is 0.237 e. The Morgan fingerprint density at radius 3 is 2.64 bits per heavy atom. The zero-order chi connectivity index (χ0) is 15.7. The van der Waals surface area contributed by atoms with Gasteiger partial charge >= 0.3 is 0 Å². The number of piperazine rings is 1. The minimum Gasteiger partial charge on any atom is -0.368 e. The van der Waals surface area contributed by atoms with Gasteiger partial charge in [-0.2, -0.15) is 4.37 Å². The molecule has 2 heterocycles. The second-order valence-electron chi connectivity index (χ2n) is 6.31. The van der Waals surface area contributed by atoms with Crippen LogP contribution in [-0.4, -0.2) is 51.8 Å². The van der Waals surface area contributed by atoms with Gasteiger partial charge in [-0.05, 0) is 31.4 Å². The summed E-state index contributed by atoms with van der Waals surface area (Å²) in [5.41, 5.74) is 6.09. The number of hydrogen-bond acceptors (Lipinski definition) is 5.